The molecule has 20 heavy (non-hydrogen) atoms. The quantitative estimate of drug-likeness (QED) is 0.781. The Morgan fingerprint density at radius 1 is 1.35 bits per heavy atom. The number of rotatable bonds is 5. The summed E-state index contributed by atoms with van der Waals surface area (Å²) in [5, 5.41) is 5.25. The maximum Gasteiger partial charge on any atom is 0.134 e. The van der Waals surface area contributed by atoms with Gasteiger partial charge in [0.25, 0.3) is 0 Å². The van der Waals surface area contributed by atoms with Crippen LogP contribution in [0.25, 0.3) is 21.5 Å². The minimum Gasteiger partial charge on any atom is -0.464 e. The first-order valence-corrected chi connectivity index (χ1v) is 7.24. The zero-order valence-corrected chi connectivity index (χ0v) is 12.3. The summed E-state index contributed by atoms with van der Waals surface area (Å²) >= 11 is 1.68. The standard InChI is InChI=1S/C15H16N2O2S/c1-16-7-14-12(9-18-2)17-15(20-14)11-8-19-13-6-4-3-5-10(11)13/h3-6,8,16H,7,9H2,1-2H3. The average Bonchev–Trinajstić information content (AvgIpc) is 3.04. The van der Waals surface area contributed by atoms with Crippen LogP contribution < -0.4 is 5.32 Å². The van der Waals surface area contributed by atoms with Crippen LogP contribution in [0.3, 0.4) is 0 Å². The number of hydrogen-bond donors (Lipinski definition) is 1. The van der Waals surface area contributed by atoms with Crippen LogP contribution in [0.15, 0.2) is 34.9 Å². The summed E-state index contributed by atoms with van der Waals surface area (Å²) < 4.78 is 10.8. The van der Waals surface area contributed by atoms with Crippen LogP contribution in [0.1, 0.15) is 10.6 Å². The number of furan rings is 1. The molecule has 4 nitrogen and oxygen atoms in total. The summed E-state index contributed by atoms with van der Waals surface area (Å²) in [6.45, 7) is 1.33. The number of nitrogens with zero attached hydrogens (tertiary/aromatic N) is 1. The predicted molar refractivity (Wildman–Crippen MR) is 80.8 cm³/mol. The average molecular weight is 288 g/mol. The smallest absolute Gasteiger partial charge is 0.134 e. The molecule has 5 heteroatoms. The lowest BCUT2D eigenvalue weighted by molar-refractivity contribution is 0.181. The van der Waals surface area contributed by atoms with Crippen LogP contribution in [-0.2, 0) is 17.9 Å². The van der Waals surface area contributed by atoms with Crippen molar-refractivity contribution < 1.29 is 9.15 Å². The first-order valence-electron chi connectivity index (χ1n) is 6.42. The van der Waals surface area contributed by atoms with Crippen molar-refractivity contribution in [2.75, 3.05) is 14.2 Å². The van der Waals surface area contributed by atoms with Crippen molar-refractivity contribution in [3.05, 3.63) is 41.1 Å². The van der Waals surface area contributed by atoms with E-state index in [2.05, 4.69) is 11.4 Å². The Kier molecular flexibility index (Phi) is 3.82. The fourth-order valence-corrected chi connectivity index (χ4v) is 3.29. The van der Waals surface area contributed by atoms with Gasteiger partial charge in [0.1, 0.15) is 16.9 Å². The number of methoxy groups -OCH3 is 1. The Labute approximate surface area is 121 Å². The van der Waals surface area contributed by atoms with Crippen LogP contribution in [0, 0.1) is 0 Å². The monoisotopic (exact) mass is 288 g/mol. The van der Waals surface area contributed by atoms with Gasteiger partial charge in [-0.15, -0.1) is 11.3 Å². The van der Waals surface area contributed by atoms with Gasteiger partial charge in [-0.25, -0.2) is 4.98 Å². The number of hydrogen-bond acceptors (Lipinski definition) is 5. The summed E-state index contributed by atoms with van der Waals surface area (Å²) in [7, 11) is 3.62. The molecule has 2 aromatic heterocycles. The molecule has 0 saturated carbocycles. The third-order valence-corrected chi connectivity index (χ3v) is 4.24. The van der Waals surface area contributed by atoms with Crippen LogP contribution in [-0.4, -0.2) is 19.1 Å². The summed E-state index contributed by atoms with van der Waals surface area (Å²) in [5.74, 6) is 0. The van der Waals surface area contributed by atoms with Gasteiger partial charge in [-0.1, -0.05) is 18.2 Å². The van der Waals surface area contributed by atoms with E-state index in [4.69, 9.17) is 14.1 Å². The molecule has 0 saturated heterocycles. The fraction of sp³-hybridized carbons (Fsp3) is 0.267. The highest BCUT2D eigenvalue weighted by atomic mass is 32.1. The predicted octanol–water partition coefficient (Wildman–Crippen LogP) is 3.42. The van der Waals surface area contributed by atoms with Crippen molar-refractivity contribution >= 4 is 22.3 Å². The molecule has 2 heterocycles. The Bertz CT molecular complexity index is 694. The lowest BCUT2D eigenvalue weighted by Gasteiger charge is -1.98. The molecule has 0 fully saturated rings. The van der Waals surface area contributed by atoms with E-state index >= 15 is 0 Å². The molecule has 0 aliphatic rings. The summed E-state index contributed by atoms with van der Waals surface area (Å²) in [5.41, 5.74) is 2.93. The van der Waals surface area contributed by atoms with Crippen molar-refractivity contribution in [2.45, 2.75) is 13.2 Å². The van der Waals surface area contributed by atoms with E-state index in [9.17, 15) is 0 Å². The molecule has 0 bridgehead atoms. The molecular weight excluding hydrogens is 272 g/mol. The zero-order chi connectivity index (χ0) is 13.9. The molecule has 1 aromatic carbocycles. The summed E-state index contributed by atoms with van der Waals surface area (Å²) in [6, 6.07) is 8.01. The first kappa shape index (κ1) is 13.3. The molecule has 0 amide bonds. The Balaban J connectivity index is 2.07. The van der Waals surface area contributed by atoms with Gasteiger partial charge in [-0.2, -0.15) is 0 Å². The number of benzene rings is 1. The van der Waals surface area contributed by atoms with Crippen LogP contribution >= 0.6 is 11.3 Å². The van der Waals surface area contributed by atoms with Crippen LogP contribution in [0.2, 0.25) is 0 Å². The molecule has 104 valence electrons. The van der Waals surface area contributed by atoms with Gasteiger partial charge in [0.05, 0.1) is 17.9 Å². The van der Waals surface area contributed by atoms with Crippen molar-refractivity contribution in [3.63, 3.8) is 0 Å². The van der Waals surface area contributed by atoms with Crippen molar-refractivity contribution in [2.24, 2.45) is 0 Å². The minimum absolute atomic E-state index is 0.531. The number of nitrogens with one attached hydrogen (secondary N) is 1. The van der Waals surface area contributed by atoms with Crippen LogP contribution in [0.4, 0.5) is 0 Å². The Hall–Kier alpha value is -1.69. The molecular formula is C15H16N2O2S. The molecule has 3 rings (SSSR count). The third-order valence-electron chi connectivity index (χ3n) is 3.11. The van der Waals surface area contributed by atoms with Crippen LogP contribution in [0.5, 0.6) is 0 Å². The Morgan fingerprint density at radius 3 is 3.00 bits per heavy atom. The van der Waals surface area contributed by atoms with E-state index in [0.29, 0.717) is 6.61 Å². The van der Waals surface area contributed by atoms with E-state index in [0.717, 1.165) is 33.8 Å². The van der Waals surface area contributed by atoms with Gasteiger partial charge in [0.2, 0.25) is 0 Å². The molecule has 0 atom stereocenters. The second-order valence-corrected chi connectivity index (χ2v) is 5.58. The SMILES string of the molecule is CNCc1sc(-c2coc3ccccc23)nc1COC. The maximum atomic E-state index is 5.59. The number of para-hydroxylation sites is 1. The summed E-state index contributed by atoms with van der Waals surface area (Å²) in [4.78, 5) is 5.91. The minimum atomic E-state index is 0.531. The molecule has 3 aromatic rings. The van der Waals surface area contributed by atoms with Gasteiger partial charge in [0, 0.05) is 23.9 Å². The highest BCUT2D eigenvalue weighted by Crippen LogP contribution is 2.34. The maximum absolute atomic E-state index is 5.59. The molecule has 0 aliphatic carbocycles. The number of thiazole rings is 1. The summed E-state index contributed by atoms with van der Waals surface area (Å²) in [6.07, 6.45) is 1.78. The zero-order valence-electron chi connectivity index (χ0n) is 11.5. The lowest BCUT2D eigenvalue weighted by Crippen LogP contribution is -2.06. The molecule has 0 aliphatic heterocycles. The first-order chi connectivity index (χ1) is 9.83. The number of ether oxygens (including phenoxy) is 1. The molecule has 0 spiro atoms. The van der Waals surface area contributed by atoms with E-state index in [1.54, 1.807) is 24.7 Å². The van der Waals surface area contributed by atoms with E-state index < -0.39 is 0 Å². The van der Waals surface area contributed by atoms with E-state index in [1.807, 2.05) is 25.2 Å². The number of aromatic nitrogens is 1. The largest absolute Gasteiger partial charge is 0.464 e. The molecule has 1 N–H and O–H groups in total. The van der Waals surface area contributed by atoms with Crippen molar-refractivity contribution in [3.8, 4) is 10.6 Å². The van der Waals surface area contributed by atoms with E-state index in [-0.39, 0.29) is 0 Å². The highest BCUT2D eigenvalue weighted by molar-refractivity contribution is 7.15. The second kappa shape index (κ2) is 5.75. The fourth-order valence-electron chi connectivity index (χ4n) is 2.19. The van der Waals surface area contributed by atoms with Gasteiger partial charge < -0.3 is 14.5 Å². The molecule has 0 unspecified atom stereocenters. The van der Waals surface area contributed by atoms with Crippen molar-refractivity contribution in [1.29, 1.82) is 0 Å². The lowest BCUT2D eigenvalue weighted by atomic mass is 10.2. The second-order valence-electron chi connectivity index (χ2n) is 4.50. The topological polar surface area (TPSA) is 47.3 Å². The van der Waals surface area contributed by atoms with Gasteiger partial charge in [-0.05, 0) is 13.1 Å². The molecule has 0 radical (unpaired) electrons. The van der Waals surface area contributed by atoms with Crippen molar-refractivity contribution in [1.82, 2.24) is 10.3 Å². The highest BCUT2D eigenvalue weighted by Gasteiger charge is 2.15. The van der Waals surface area contributed by atoms with Gasteiger partial charge >= 0.3 is 0 Å². The van der Waals surface area contributed by atoms with E-state index in [1.165, 1.54) is 4.88 Å². The van der Waals surface area contributed by atoms with Gasteiger partial charge in [-0.3, -0.25) is 0 Å². The number of fused-ring (bicyclic) bond motifs is 1. The Morgan fingerprint density at radius 2 is 2.20 bits per heavy atom. The normalized spacial score (nSPS) is 11.3. The third kappa shape index (κ3) is 2.35. The van der Waals surface area contributed by atoms with Gasteiger partial charge in [0.15, 0.2) is 0 Å².